The van der Waals surface area contributed by atoms with Crippen LogP contribution < -0.4 is 5.32 Å². The highest BCUT2D eigenvalue weighted by Gasteiger charge is 2.34. The van der Waals surface area contributed by atoms with Gasteiger partial charge in [-0.3, -0.25) is 0 Å². The van der Waals surface area contributed by atoms with Crippen LogP contribution in [-0.2, 0) is 4.74 Å². The highest BCUT2D eigenvalue weighted by molar-refractivity contribution is 4.90. The quantitative estimate of drug-likeness (QED) is 0.775. The molecule has 1 heterocycles. The van der Waals surface area contributed by atoms with Gasteiger partial charge in [-0.25, -0.2) is 0 Å². The third-order valence-electron chi connectivity index (χ3n) is 4.12. The molecule has 2 nitrogen and oxygen atoms in total. The average Bonchev–Trinajstić information content (AvgIpc) is 2.56. The van der Waals surface area contributed by atoms with Crippen LogP contribution in [0.3, 0.4) is 0 Å². The van der Waals surface area contributed by atoms with Gasteiger partial charge in [0.1, 0.15) is 0 Å². The van der Waals surface area contributed by atoms with Gasteiger partial charge in [0.2, 0.25) is 0 Å². The monoisotopic (exact) mass is 211 g/mol. The van der Waals surface area contributed by atoms with Crippen molar-refractivity contribution in [3.05, 3.63) is 0 Å². The van der Waals surface area contributed by atoms with Crippen molar-refractivity contribution < 1.29 is 4.74 Å². The zero-order chi connectivity index (χ0) is 10.7. The van der Waals surface area contributed by atoms with Crippen LogP contribution in [0.4, 0.5) is 0 Å². The van der Waals surface area contributed by atoms with Gasteiger partial charge in [-0.2, -0.15) is 0 Å². The number of ether oxygens (including phenoxy) is 1. The van der Waals surface area contributed by atoms with Crippen molar-refractivity contribution in [2.24, 2.45) is 5.41 Å². The van der Waals surface area contributed by atoms with E-state index in [1.807, 2.05) is 0 Å². The van der Waals surface area contributed by atoms with Gasteiger partial charge in [-0.05, 0) is 37.5 Å². The zero-order valence-electron chi connectivity index (χ0n) is 10.2. The Balaban J connectivity index is 1.72. The molecule has 2 heteroatoms. The van der Waals surface area contributed by atoms with Crippen molar-refractivity contribution in [3.63, 3.8) is 0 Å². The second-order valence-electron chi connectivity index (χ2n) is 5.83. The predicted molar refractivity (Wildman–Crippen MR) is 63.0 cm³/mol. The second-order valence-corrected chi connectivity index (χ2v) is 5.83. The number of nitrogens with one attached hydrogen (secondary N) is 1. The minimum atomic E-state index is 0.482. The van der Waals surface area contributed by atoms with Crippen LogP contribution in [0, 0.1) is 5.41 Å². The number of hydrogen-bond donors (Lipinski definition) is 1. The van der Waals surface area contributed by atoms with Gasteiger partial charge in [0.05, 0.1) is 6.10 Å². The summed E-state index contributed by atoms with van der Waals surface area (Å²) in [6.07, 6.45) is 8.44. The number of hydrogen-bond acceptors (Lipinski definition) is 2. The lowest BCUT2D eigenvalue weighted by Gasteiger charge is -2.31. The lowest BCUT2D eigenvalue weighted by molar-refractivity contribution is 0.0134. The van der Waals surface area contributed by atoms with Gasteiger partial charge in [0.15, 0.2) is 0 Å². The second kappa shape index (κ2) is 4.84. The molecule has 1 saturated carbocycles. The molecule has 2 atom stereocenters. The molecule has 0 aromatic carbocycles. The van der Waals surface area contributed by atoms with Crippen molar-refractivity contribution in [2.75, 3.05) is 13.2 Å². The van der Waals surface area contributed by atoms with E-state index in [9.17, 15) is 0 Å². The van der Waals surface area contributed by atoms with E-state index in [2.05, 4.69) is 19.2 Å². The maximum Gasteiger partial charge on any atom is 0.0699 e. The molecule has 0 aromatic heterocycles. The molecule has 88 valence electrons. The first-order valence-corrected chi connectivity index (χ1v) is 6.53. The summed E-state index contributed by atoms with van der Waals surface area (Å²) in [6, 6.07) is 0.711. The van der Waals surface area contributed by atoms with Gasteiger partial charge >= 0.3 is 0 Å². The van der Waals surface area contributed by atoms with E-state index in [1.54, 1.807) is 0 Å². The molecular formula is C13H25NO. The van der Waals surface area contributed by atoms with E-state index in [0.29, 0.717) is 17.6 Å². The molecule has 0 amide bonds. The highest BCUT2D eigenvalue weighted by Crippen LogP contribution is 2.37. The van der Waals surface area contributed by atoms with Gasteiger partial charge < -0.3 is 10.1 Å². The maximum atomic E-state index is 5.74. The predicted octanol–water partition coefficient (Wildman–Crippen LogP) is 2.72. The smallest absolute Gasteiger partial charge is 0.0699 e. The van der Waals surface area contributed by atoms with Crippen LogP contribution in [0.25, 0.3) is 0 Å². The van der Waals surface area contributed by atoms with Gasteiger partial charge in [0.25, 0.3) is 0 Å². The lowest BCUT2D eigenvalue weighted by atomic mass is 9.87. The SMILES string of the molecule is CC1(C)CCCC1NCC1CCCCO1. The Morgan fingerprint density at radius 3 is 2.67 bits per heavy atom. The fraction of sp³-hybridized carbons (Fsp3) is 1.00. The van der Waals surface area contributed by atoms with E-state index in [1.165, 1.54) is 38.5 Å². The van der Waals surface area contributed by atoms with E-state index < -0.39 is 0 Å². The molecule has 1 aliphatic heterocycles. The van der Waals surface area contributed by atoms with Crippen LogP contribution in [-0.4, -0.2) is 25.3 Å². The van der Waals surface area contributed by atoms with Crippen LogP contribution in [0.15, 0.2) is 0 Å². The molecule has 1 aliphatic carbocycles. The third-order valence-corrected chi connectivity index (χ3v) is 4.12. The standard InChI is InChI=1S/C13H25NO/c1-13(2)8-5-7-12(13)14-10-11-6-3-4-9-15-11/h11-12,14H,3-10H2,1-2H3. The summed E-state index contributed by atoms with van der Waals surface area (Å²) in [5.74, 6) is 0. The molecule has 15 heavy (non-hydrogen) atoms. The summed E-state index contributed by atoms with van der Waals surface area (Å²) in [5, 5.41) is 3.72. The maximum absolute atomic E-state index is 5.74. The average molecular weight is 211 g/mol. The van der Waals surface area contributed by atoms with E-state index in [4.69, 9.17) is 4.74 Å². The molecule has 2 unspecified atom stereocenters. The van der Waals surface area contributed by atoms with Crippen LogP contribution >= 0.6 is 0 Å². The summed E-state index contributed by atoms with van der Waals surface area (Å²) in [4.78, 5) is 0. The molecule has 0 radical (unpaired) electrons. The molecule has 1 saturated heterocycles. The Morgan fingerprint density at radius 2 is 2.07 bits per heavy atom. The van der Waals surface area contributed by atoms with Gasteiger partial charge in [-0.1, -0.05) is 20.3 Å². The summed E-state index contributed by atoms with van der Waals surface area (Å²) < 4.78 is 5.74. The van der Waals surface area contributed by atoms with Crippen molar-refractivity contribution >= 4 is 0 Å². The van der Waals surface area contributed by atoms with E-state index >= 15 is 0 Å². The normalized spacial score (nSPS) is 35.6. The molecule has 0 bridgehead atoms. The third kappa shape index (κ3) is 2.94. The van der Waals surface area contributed by atoms with Crippen LogP contribution in [0.5, 0.6) is 0 Å². The minimum absolute atomic E-state index is 0.482. The van der Waals surface area contributed by atoms with Crippen molar-refractivity contribution in [1.82, 2.24) is 5.32 Å². The number of rotatable bonds is 3. The summed E-state index contributed by atoms with van der Waals surface area (Å²) in [6.45, 7) is 6.81. The fourth-order valence-corrected chi connectivity index (χ4v) is 2.95. The molecule has 0 aromatic rings. The summed E-state index contributed by atoms with van der Waals surface area (Å²) in [5.41, 5.74) is 0.495. The first-order valence-electron chi connectivity index (χ1n) is 6.53. The summed E-state index contributed by atoms with van der Waals surface area (Å²) >= 11 is 0. The molecule has 0 spiro atoms. The fourth-order valence-electron chi connectivity index (χ4n) is 2.95. The molecule has 2 aliphatic rings. The lowest BCUT2D eigenvalue weighted by Crippen LogP contribution is -2.42. The van der Waals surface area contributed by atoms with Crippen LogP contribution in [0.1, 0.15) is 52.4 Å². The van der Waals surface area contributed by atoms with E-state index in [-0.39, 0.29) is 0 Å². The highest BCUT2D eigenvalue weighted by atomic mass is 16.5. The topological polar surface area (TPSA) is 21.3 Å². The van der Waals surface area contributed by atoms with Crippen LogP contribution in [0.2, 0.25) is 0 Å². The first-order chi connectivity index (χ1) is 7.18. The van der Waals surface area contributed by atoms with Gasteiger partial charge in [-0.15, -0.1) is 0 Å². The zero-order valence-corrected chi connectivity index (χ0v) is 10.2. The molecule has 2 fully saturated rings. The first kappa shape index (κ1) is 11.4. The Hall–Kier alpha value is -0.0800. The van der Waals surface area contributed by atoms with Crippen molar-refractivity contribution in [3.8, 4) is 0 Å². The molecule has 2 rings (SSSR count). The van der Waals surface area contributed by atoms with Gasteiger partial charge in [0, 0.05) is 19.2 Å². The van der Waals surface area contributed by atoms with E-state index in [0.717, 1.165) is 13.2 Å². The Kier molecular flexibility index (Phi) is 3.68. The Labute approximate surface area is 93.8 Å². The largest absolute Gasteiger partial charge is 0.377 e. The Morgan fingerprint density at radius 1 is 1.20 bits per heavy atom. The Bertz CT molecular complexity index is 197. The van der Waals surface area contributed by atoms with Crippen molar-refractivity contribution in [2.45, 2.75) is 64.5 Å². The molecular weight excluding hydrogens is 186 g/mol. The molecule has 1 N–H and O–H groups in total. The summed E-state index contributed by atoms with van der Waals surface area (Å²) in [7, 11) is 0. The minimum Gasteiger partial charge on any atom is -0.377 e. The van der Waals surface area contributed by atoms with Crippen molar-refractivity contribution in [1.29, 1.82) is 0 Å².